The zero-order valence-corrected chi connectivity index (χ0v) is 16.2. The molecule has 2 aromatic heterocycles. The van der Waals surface area contributed by atoms with E-state index >= 15 is 0 Å². The topological polar surface area (TPSA) is 63.0 Å². The van der Waals surface area contributed by atoms with Gasteiger partial charge in [-0.1, -0.05) is 30.3 Å². The van der Waals surface area contributed by atoms with Gasteiger partial charge in [0.05, 0.1) is 16.9 Å². The van der Waals surface area contributed by atoms with E-state index in [1.165, 1.54) is 5.56 Å². The van der Waals surface area contributed by atoms with Crippen LogP contribution in [-0.4, -0.2) is 39.8 Å². The lowest BCUT2D eigenvalue weighted by Gasteiger charge is -2.33. The van der Waals surface area contributed by atoms with Gasteiger partial charge in [-0.25, -0.2) is 4.98 Å². The van der Waals surface area contributed by atoms with Gasteiger partial charge in [-0.05, 0) is 18.4 Å². The average molecular weight is 382 g/mol. The van der Waals surface area contributed by atoms with Crippen molar-refractivity contribution in [1.29, 1.82) is 0 Å². The van der Waals surface area contributed by atoms with E-state index in [1.807, 2.05) is 43.0 Å². The van der Waals surface area contributed by atoms with Gasteiger partial charge in [-0.3, -0.25) is 9.48 Å². The first-order valence-electron chi connectivity index (χ1n) is 9.20. The predicted octanol–water partition coefficient (Wildman–Crippen LogP) is 2.87. The quantitative estimate of drug-likeness (QED) is 0.738. The molecule has 1 N–H and O–H groups in total. The summed E-state index contributed by atoms with van der Waals surface area (Å²) in [6, 6.07) is 10.3. The van der Waals surface area contributed by atoms with Gasteiger partial charge in [0.2, 0.25) is 0 Å². The lowest BCUT2D eigenvalue weighted by atomic mass is 10.1. The fourth-order valence-electron chi connectivity index (χ4n) is 3.43. The Kier molecular flexibility index (Phi) is 5.20. The van der Waals surface area contributed by atoms with E-state index in [0.29, 0.717) is 5.69 Å². The Bertz CT molecular complexity index is 904. The summed E-state index contributed by atoms with van der Waals surface area (Å²) in [5, 5.41) is 10.2. The monoisotopic (exact) mass is 381 g/mol. The van der Waals surface area contributed by atoms with Crippen molar-refractivity contribution in [2.75, 3.05) is 18.0 Å². The standard InChI is InChI=1S/C20H23N5OS/c1-24-13-17(11-21-24)25-9-5-8-16(12-25)22-20(26)18-14-27-19(23-18)10-15-6-3-2-4-7-15/h2-4,6-7,11,13-14,16H,5,8-10,12H2,1H3,(H,22,26). The van der Waals surface area contributed by atoms with Crippen molar-refractivity contribution in [3.05, 3.63) is 64.4 Å². The maximum absolute atomic E-state index is 12.6. The highest BCUT2D eigenvalue weighted by Gasteiger charge is 2.23. The number of anilines is 1. The van der Waals surface area contributed by atoms with Crippen LogP contribution in [0.25, 0.3) is 0 Å². The van der Waals surface area contributed by atoms with Crippen molar-refractivity contribution < 1.29 is 4.79 Å². The molecule has 3 heterocycles. The SMILES string of the molecule is Cn1cc(N2CCCC(NC(=O)c3csc(Cc4ccccc4)n3)C2)cn1. The van der Waals surface area contributed by atoms with E-state index in [4.69, 9.17) is 0 Å². The summed E-state index contributed by atoms with van der Waals surface area (Å²) in [5.74, 6) is -0.0800. The second kappa shape index (κ2) is 7.92. The lowest BCUT2D eigenvalue weighted by Crippen LogP contribution is -2.47. The Morgan fingerprint density at radius 1 is 1.33 bits per heavy atom. The Hall–Kier alpha value is -2.67. The molecule has 0 aliphatic carbocycles. The van der Waals surface area contributed by atoms with Gasteiger partial charge in [0, 0.05) is 44.2 Å². The van der Waals surface area contributed by atoms with Gasteiger partial charge >= 0.3 is 0 Å². The number of nitrogens with one attached hydrogen (secondary N) is 1. The Labute approximate surface area is 162 Å². The maximum atomic E-state index is 12.6. The molecule has 0 spiro atoms. The Balaban J connectivity index is 1.36. The number of benzene rings is 1. The summed E-state index contributed by atoms with van der Waals surface area (Å²) in [7, 11) is 1.92. The van der Waals surface area contributed by atoms with Crippen LogP contribution in [0.3, 0.4) is 0 Å². The lowest BCUT2D eigenvalue weighted by molar-refractivity contribution is 0.0928. The van der Waals surface area contributed by atoms with Crippen molar-refractivity contribution in [1.82, 2.24) is 20.1 Å². The summed E-state index contributed by atoms with van der Waals surface area (Å²) < 4.78 is 1.81. The van der Waals surface area contributed by atoms with Crippen LogP contribution in [0.2, 0.25) is 0 Å². The van der Waals surface area contributed by atoms with Gasteiger partial charge in [-0.2, -0.15) is 5.10 Å². The van der Waals surface area contributed by atoms with Gasteiger partial charge in [0.15, 0.2) is 0 Å². The summed E-state index contributed by atoms with van der Waals surface area (Å²) >= 11 is 1.54. The highest BCUT2D eigenvalue weighted by atomic mass is 32.1. The molecule has 1 saturated heterocycles. The van der Waals surface area contributed by atoms with Crippen LogP contribution < -0.4 is 10.2 Å². The van der Waals surface area contributed by atoms with Crippen molar-refractivity contribution in [2.45, 2.75) is 25.3 Å². The maximum Gasteiger partial charge on any atom is 0.271 e. The second-order valence-corrected chi connectivity index (χ2v) is 7.86. The third-order valence-electron chi connectivity index (χ3n) is 4.80. The van der Waals surface area contributed by atoms with E-state index in [1.54, 1.807) is 16.0 Å². The van der Waals surface area contributed by atoms with E-state index in [2.05, 4.69) is 32.4 Å². The van der Waals surface area contributed by atoms with E-state index < -0.39 is 0 Å². The Morgan fingerprint density at radius 2 is 2.19 bits per heavy atom. The molecule has 4 rings (SSSR count). The molecule has 27 heavy (non-hydrogen) atoms. The van der Waals surface area contributed by atoms with Gasteiger partial charge in [0.1, 0.15) is 5.69 Å². The zero-order valence-electron chi connectivity index (χ0n) is 15.3. The van der Waals surface area contributed by atoms with Crippen LogP contribution in [0.15, 0.2) is 48.1 Å². The molecule has 0 bridgehead atoms. The summed E-state index contributed by atoms with van der Waals surface area (Å²) in [4.78, 5) is 19.4. The molecule has 1 aliphatic rings. The number of carbonyl (C=O) groups excluding carboxylic acids is 1. The molecule has 7 heteroatoms. The highest BCUT2D eigenvalue weighted by molar-refractivity contribution is 7.09. The summed E-state index contributed by atoms with van der Waals surface area (Å²) in [5.41, 5.74) is 2.83. The molecule has 1 amide bonds. The van der Waals surface area contributed by atoms with Gasteiger partial charge in [0.25, 0.3) is 5.91 Å². The van der Waals surface area contributed by atoms with E-state index in [9.17, 15) is 4.79 Å². The molecule has 0 radical (unpaired) electrons. The fraction of sp³-hybridized carbons (Fsp3) is 0.350. The third-order valence-corrected chi connectivity index (χ3v) is 5.64. The average Bonchev–Trinajstić information content (AvgIpc) is 3.32. The highest BCUT2D eigenvalue weighted by Crippen LogP contribution is 2.20. The van der Waals surface area contributed by atoms with Crippen molar-refractivity contribution >= 4 is 22.9 Å². The molecular formula is C20H23N5OS. The summed E-state index contributed by atoms with van der Waals surface area (Å²) in [6.07, 6.45) is 6.69. The minimum atomic E-state index is -0.0800. The predicted molar refractivity (Wildman–Crippen MR) is 107 cm³/mol. The molecule has 1 atom stereocenters. The van der Waals surface area contributed by atoms with Crippen LogP contribution in [0, 0.1) is 0 Å². The first kappa shape index (κ1) is 17.7. The van der Waals surface area contributed by atoms with Crippen LogP contribution >= 0.6 is 11.3 Å². The molecule has 1 unspecified atom stereocenters. The first-order valence-corrected chi connectivity index (χ1v) is 10.1. The number of aromatic nitrogens is 3. The number of piperidine rings is 1. The van der Waals surface area contributed by atoms with E-state index in [-0.39, 0.29) is 11.9 Å². The molecular weight excluding hydrogens is 358 g/mol. The minimum absolute atomic E-state index is 0.0800. The van der Waals surface area contributed by atoms with E-state index in [0.717, 1.165) is 43.0 Å². The number of hydrogen-bond acceptors (Lipinski definition) is 5. The number of hydrogen-bond donors (Lipinski definition) is 1. The molecule has 1 aromatic carbocycles. The molecule has 1 fully saturated rings. The van der Waals surface area contributed by atoms with Crippen LogP contribution in [0.1, 0.15) is 33.9 Å². The second-order valence-electron chi connectivity index (χ2n) is 6.92. The van der Waals surface area contributed by atoms with Crippen LogP contribution in [0.4, 0.5) is 5.69 Å². The van der Waals surface area contributed by atoms with Crippen LogP contribution in [-0.2, 0) is 13.5 Å². The largest absolute Gasteiger partial charge is 0.367 e. The minimum Gasteiger partial charge on any atom is -0.367 e. The van der Waals surface area contributed by atoms with Crippen molar-refractivity contribution in [3.8, 4) is 0 Å². The number of nitrogens with zero attached hydrogens (tertiary/aromatic N) is 4. The molecule has 6 nitrogen and oxygen atoms in total. The van der Waals surface area contributed by atoms with Crippen LogP contribution in [0.5, 0.6) is 0 Å². The normalized spacial score (nSPS) is 17.1. The number of rotatable bonds is 5. The first-order chi connectivity index (χ1) is 13.2. The number of amides is 1. The zero-order chi connectivity index (χ0) is 18.6. The summed E-state index contributed by atoms with van der Waals surface area (Å²) in [6.45, 7) is 1.80. The molecule has 3 aromatic rings. The molecule has 1 aliphatic heterocycles. The van der Waals surface area contributed by atoms with Gasteiger partial charge in [-0.15, -0.1) is 11.3 Å². The Morgan fingerprint density at radius 3 is 2.96 bits per heavy atom. The number of carbonyl (C=O) groups is 1. The number of aryl methyl sites for hydroxylation is 1. The van der Waals surface area contributed by atoms with Crippen molar-refractivity contribution in [2.24, 2.45) is 7.05 Å². The molecule has 0 saturated carbocycles. The number of thiazole rings is 1. The van der Waals surface area contributed by atoms with Gasteiger partial charge < -0.3 is 10.2 Å². The smallest absolute Gasteiger partial charge is 0.271 e. The third kappa shape index (κ3) is 4.36. The van der Waals surface area contributed by atoms with Crippen molar-refractivity contribution in [3.63, 3.8) is 0 Å². The fourth-order valence-corrected chi connectivity index (χ4v) is 4.24. The molecule has 140 valence electrons.